The fraction of sp³-hybridized carbons (Fsp3) is 0.130. The maximum absolute atomic E-state index is 4.98. The van der Waals surface area contributed by atoms with E-state index in [2.05, 4.69) is 171 Å². The highest BCUT2D eigenvalue weighted by Gasteiger charge is 2.40. The smallest absolute Gasteiger partial charge is 0.0723 e. The van der Waals surface area contributed by atoms with E-state index in [1.807, 2.05) is 24.5 Å². The summed E-state index contributed by atoms with van der Waals surface area (Å²) in [4.78, 5) is 14.9. The lowest BCUT2D eigenvalue weighted by molar-refractivity contribution is 0.631. The van der Waals surface area contributed by atoms with Crippen LogP contribution in [0.15, 0.2) is 158 Å². The lowest BCUT2D eigenvalue weighted by Crippen LogP contribution is -2.31. The van der Waals surface area contributed by atoms with Gasteiger partial charge in [0.05, 0.1) is 45.5 Å². The summed E-state index contributed by atoms with van der Waals surface area (Å²) in [5.41, 5.74) is 15.5. The number of anilines is 6. The first-order valence-electron chi connectivity index (χ1n) is 17.3. The molecule has 2 aliphatic rings. The van der Waals surface area contributed by atoms with Crippen molar-refractivity contribution in [1.29, 1.82) is 0 Å². The molecule has 9 rings (SSSR count). The molecule has 50 heavy (non-hydrogen) atoms. The Bertz CT molecular complexity index is 2130. The van der Waals surface area contributed by atoms with Crippen molar-refractivity contribution in [2.45, 2.75) is 38.5 Å². The zero-order chi connectivity index (χ0) is 34.0. The Kier molecular flexibility index (Phi) is 6.79. The Labute approximate surface area is 294 Å². The number of para-hydroxylation sites is 4. The molecule has 0 spiro atoms. The zero-order valence-electron chi connectivity index (χ0n) is 28.8. The molecule has 0 bridgehead atoms. The molecule has 4 nitrogen and oxygen atoms in total. The number of hydrogen-bond donors (Lipinski definition) is 0. The first-order chi connectivity index (χ1) is 24.4. The molecule has 0 unspecified atom stereocenters. The van der Waals surface area contributed by atoms with E-state index in [9.17, 15) is 0 Å². The Balaban J connectivity index is 1.41. The molecular formula is C46H38N4. The van der Waals surface area contributed by atoms with Crippen LogP contribution in [0.3, 0.4) is 0 Å². The van der Waals surface area contributed by atoms with Gasteiger partial charge in [-0.15, -0.1) is 0 Å². The Morgan fingerprint density at radius 2 is 0.660 bits per heavy atom. The van der Waals surface area contributed by atoms with Gasteiger partial charge in [0.25, 0.3) is 0 Å². The average molecular weight is 647 g/mol. The van der Waals surface area contributed by atoms with E-state index < -0.39 is 0 Å². The average Bonchev–Trinajstić information content (AvgIpc) is 3.16. The second-order valence-corrected chi connectivity index (χ2v) is 14.3. The molecule has 0 atom stereocenters. The number of pyridine rings is 2. The van der Waals surface area contributed by atoms with Gasteiger partial charge in [-0.1, -0.05) is 113 Å². The Hall–Kier alpha value is -6.00. The monoisotopic (exact) mass is 646 g/mol. The molecule has 0 amide bonds. The topological polar surface area (TPSA) is 32.3 Å². The van der Waals surface area contributed by atoms with Gasteiger partial charge < -0.3 is 9.80 Å². The van der Waals surface area contributed by atoms with Crippen molar-refractivity contribution < 1.29 is 0 Å². The number of rotatable bonds is 4. The van der Waals surface area contributed by atoms with Crippen molar-refractivity contribution in [1.82, 2.24) is 9.97 Å². The van der Waals surface area contributed by atoms with Crippen molar-refractivity contribution in [3.8, 4) is 22.5 Å². The van der Waals surface area contributed by atoms with Crippen molar-refractivity contribution in [2.24, 2.45) is 0 Å². The van der Waals surface area contributed by atoms with Gasteiger partial charge in [0.15, 0.2) is 0 Å². The third-order valence-corrected chi connectivity index (χ3v) is 10.8. The van der Waals surface area contributed by atoms with Crippen molar-refractivity contribution in [3.63, 3.8) is 0 Å². The SMILES string of the molecule is CC1(C)c2ccccc2N(c2cc(-c3ccccn3)c(N3c4ccccc4C(C)(C)c4ccccc43)cc2-c2ccccn2)c2ccccc21. The van der Waals surface area contributed by atoms with E-state index in [1.54, 1.807) is 0 Å². The van der Waals surface area contributed by atoms with Crippen LogP contribution in [0.2, 0.25) is 0 Å². The fourth-order valence-corrected chi connectivity index (χ4v) is 8.26. The molecule has 4 heterocycles. The zero-order valence-corrected chi connectivity index (χ0v) is 28.8. The predicted molar refractivity (Wildman–Crippen MR) is 207 cm³/mol. The van der Waals surface area contributed by atoms with Crippen LogP contribution in [0.1, 0.15) is 49.9 Å². The summed E-state index contributed by atoms with van der Waals surface area (Å²) < 4.78 is 0. The van der Waals surface area contributed by atoms with Crippen molar-refractivity contribution >= 4 is 34.1 Å². The number of nitrogens with zero attached hydrogens (tertiary/aromatic N) is 4. The normalized spacial score (nSPS) is 15.0. The molecule has 7 aromatic rings. The summed E-state index contributed by atoms with van der Waals surface area (Å²) in [6.45, 7) is 9.32. The lowest BCUT2D eigenvalue weighted by atomic mass is 9.73. The van der Waals surface area contributed by atoms with Crippen molar-refractivity contribution in [2.75, 3.05) is 9.80 Å². The maximum atomic E-state index is 4.98. The maximum Gasteiger partial charge on any atom is 0.0723 e. The molecule has 2 aliphatic heterocycles. The van der Waals surface area contributed by atoms with E-state index in [0.717, 1.165) is 33.9 Å². The van der Waals surface area contributed by atoms with Gasteiger partial charge in [-0.05, 0) is 82.9 Å². The minimum absolute atomic E-state index is 0.174. The third kappa shape index (κ3) is 4.45. The molecule has 0 aliphatic carbocycles. The van der Waals surface area contributed by atoms with E-state index in [4.69, 9.17) is 9.97 Å². The quantitative estimate of drug-likeness (QED) is 0.190. The van der Waals surface area contributed by atoms with Crippen LogP contribution < -0.4 is 9.80 Å². The van der Waals surface area contributed by atoms with Crippen LogP contribution in [0.5, 0.6) is 0 Å². The summed E-state index contributed by atoms with van der Waals surface area (Å²) >= 11 is 0. The van der Waals surface area contributed by atoms with Gasteiger partial charge in [0.2, 0.25) is 0 Å². The molecular weight excluding hydrogens is 609 g/mol. The van der Waals surface area contributed by atoms with Crippen LogP contribution in [-0.4, -0.2) is 9.97 Å². The van der Waals surface area contributed by atoms with Gasteiger partial charge in [0, 0.05) is 34.4 Å². The molecule has 0 radical (unpaired) electrons. The molecule has 0 saturated heterocycles. The minimum atomic E-state index is -0.174. The van der Waals surface area contributed by atoms with Gasteiger partial charge in [-0.2, -0.15) is 0 Å². The number of fused-ring (bicyclic) bond motifs is 4. The summed E-state index contributed by atoms with van der Waals surface area (Å²) in [5.74, 6) is 0. The van der Waals surface area contributed by atoms with Crippen LogP contribution >= 0.6 is 0 Å². The standard InChI is InChI=1S/C46H38N4/c1-45(2)33-17-5-9-23-39(33)49(40-24-10-6-18-34(40)45)43-29-32(38-22-14-16-28-48-38)44(30-31(43)37-21-13-15-27-47-37)50-41-25-11-7-19-35(41)46(3,4)36-20-8-12-26-42(36)50/h5-30H,1-4H3. The second kappa shape index (κ2) is 11.3. The molecule has 0 fully saturated rings. The first-order valence-corrected chi connectivity index (χ1v) is 17.3. The fourth-order valence-electron chi connectivity index (χ4n) is 8.26. The van der Waals surface area contributed by atoms with Crippen LogP contribution in [-0.2, 0) is 10.8 Å². The number of aromatic nitrogens is 2. The predicted octanol–water partition coefficient (Wildman–Crippen LogP) is 12.0. The van der Waals surface area contributed by atoms with E-state index in [0.29, 0.717) is 0 Å². The first kappa shape index (κ1) is 30.1. The van der Waals surface area contributed by atoms with Crippen molar-refractivity contribution in [3.05, 3.63) is 180 Å². The minimum Gasteiger partial charge on any atom is -0.309 e. The summed E-state index contributed by atoms with van der Waals surface area (Å²) in [6, 6.07) is 52.4. The van der Waals surface area contributed by atoms with Gasteiger partial charge in [-0.25, -0.2) is 0 Å². The van der Waals surface area contributed by atoms with E-state index in [-0.39, 0.29) is 10.8 Å². The van der Waals surface area contributed by atoms with Crippen LogP contribution in [0.4, 0.5) is 34.1 Å². The molecule has 2 aromatic heterocycles. The molecule has 0 saturated carbocycles. The number of benzene rings is 5. The van der Waals surface area contributed by atoms with Crippen LogP contribution in [0, 0.1) is 0 Å². The highest BCUT2D eigenvalue weighted by molar-refractivity contribution is 6.00. The Morgan fingerprint density at radius 3 is 0.960 bits per heavy atom. The van der Waals surface area contributed by atoms with E-state index >= 15 is 0 Å². The second-order valence-electron chi connectivity index (χ2n) is 14.3. The highest BCUT2D eigenvalue weighted by atomic mass is 15.2. The van der Waals surface area contributed by atoms with Gasteiger partial charge in [0.1, 0.15) is 0 Å². The van der Waals surface area contributed by atoms with Gasteiger partial charge >= 0.3 is 0 Å². The Morgan fingerprint density at radius 1 is 0.360 bits per heavy atom. The van der Waals surface area contributed by atoms with E-state index in [1.165, 1.54) is 45.0 Å². The third-order valence-electron chi connectivity index (χ3n) is 10.8. The molecule has 242 valence electrons. The summed E-state index contributed by atoms with van der Waals surface area (Å²) in [6.07, 6.45) is 3.78. The van der Waals surface area contributed by atoms with Crippen LogP contribution in [0.25, 0.3) is 22.5 Å². The number of hydrogen-bond acceptors (Lipinski definition) is 4. The summed E-state index contributed by atoms with van der Waals surface area (Å²) in [7, 11) is 0. The largest absolute Gasteiger partial charge is 0.309 e. The molecule has 4 heteroatoms. The highest BCUT2D eigenvalue weighted by Crippen LogP contribution is 2.57. The lowest BCUT2D eigenvalue weighted by Gasteiger charge is -2.44. The summed E-state index contributed by atoms with van der Waals surface area (Å²) in [5, 5.41) is 0. The molecule has 5 aromatic carbocycles. The van der Waals surface area contributed by atoms with Gasteiger partial charge in [-0.3, -0.25) is 9.97 Å². The molecule has 0 N–H and O–H groups in total.